The maximum Gasteiger partial charge on any atom is 0.309 e. The average Bonchev–Trinajstić information content (AvgIpc) is 3.07. The van der Waals surface area contributed by atoms with Gasteiger partial charge in [-0.3, -0.25) is 4.79 Å². The Labute approximate surface area is 102 Å². The summed E-state index contributed by atoms with van der Waals surface area (Å²) >= 11 is 0. The van der Waals surface area contributed by atoms with Crippen molar-refractivity contribution >= 4 is 5.97 Å². The summed E-state index contributed by atoms with van der Waals surface area (Å²) in [5.41, 5.74) is 5.74. The third-order valence-electron chi connectivity index (χ3n) is 3.19. The van der Waals surface area contributed by atoms with Crippen LogP contribution >= 0.6 is 0 Å². The Hall–Kier alpha value is -1.32. The number of hydrogen-bond donors (Lipinski definition) is 1. The van der Waals surface area contributed by atoms with E-state index in [9.17, 15) is 9.18 Å². The Morgan fingerprint density at radius 2 is 2.29 bits per heavy atom. The van der Waals surface area contributed by atoms with E-state index in [2.05, 4.69) is 0 Å². The molecule has 0 amide bonds. The third-order valence-corrected chi connectivity index (χ3v) is 3.19. The number of nitrogens with two attached hydrogens (primary N) is 1. The summed E-state index contributed by atoms with van der Waals surface area (Å²) in [5.74, 6) is -0.714. The van der Waals surface area contributed by atoms with E-state index in [0.29, 0.717) is 18.6 Å². The highest BCUT2D eigenvalue weighted by atomic mass is 19.1. The molecular formula is C13H20FNO2. The fraction of sp³-hybridized carbons (Fsp3) is 0.615. The van der Waals surface area contributed by atoms with E-state index in [1.807, 2.05) is 0 Å². The van der Waals surface area contributed by atoms with E-state index in [1.54, 1.807) is 20.8 Å². The molecule has 0 aromatic heterocycles. The molecule has 0 radical (unpaired) electrons. The number of esters is 1. The van der Waals surface area contributed by atoms with Crippen molar-refractivity contribution in [1.29, 1.82) is 0 Å². The van der Waals surface area contributed by atoms with Gasteiger partial charge in [0, 0.05) is 5.92 Å². The lowest BCUT2D eigenvalue weighted by Crippen LogP contribution is -2.11. The summed E-state index contributed by atoms with van der Waals surface area (Å²) in [7, 11) is 0. The molecule has 4 heteroatoms. The van der Waals surface area contributed by atoms with Crippen LogP contribution in [0.3, 0.4) is 0 Å². The molecule has 0 aromatic rings. The molecule has 2 N–H and O–H groups in total. The second kappa shape index (κ2) is 5.84. The van der Waals surface area contributed by atoms with Gasteiger partial charge in [-0.1, -0.05) is 6.92 Å². The fourth-order valence-corrected chi connectivity index (χ4v) is 2.06. The van der Waals surface area contributed by atoms with Crippen LogP contribution in [0.15, 0.2) is 23.7 Å². The van der Waals surface area contributed by atoms with Crippen LogP contribution in [-0.2, 0) is 9.53 Å². The summed E-state index contributed by atoms with van der Waals surface area (Å²) in [6.07, 6.45) is 3.57. The van der Waals surface area contributed by atoms with Crippen molar-refractivity contribution in [3.05, 3.63) is 23.7 Å². The topological polar surface area (TPSA) is 52.3 Å². The van der Waals surface area contributed by atoms with Crippen molar-refractivity contribution in [3.63, 3.8) is 0 Å². The first-order chi connectivity index (χ1) is 8.02. The van der Waals surface area contributed by atoms with Gasteiger partial charge >= 0.3 is 5.97 Å². The molecule has 1 aliphatic carbocycles. The molecular weight excluding hydrogens is 221 g/mol. The van der Waals surface area contributed by atoms with Crippen molar-refractivity contribution in [2.75, 3.05) is 6.61 Å². The summed E-state index contributed by atoms with van der Waals surface area (Å²) in [6.45, 7) is 5.63. The van der Waals surface area contributed by atoms with E-state index in [-0.39, 0.29) is 29.5 Å². The fourth-order valence-electron chi connectivity index (χ4n) is 2.06. The molecule has 0 aromatic carbocycles. The van der Waals surface area contributed by atoms with Gasteiger partial charge in [-0.05, 0) is 44.0 Å². The van der Waals surface area contributed by atoms with Crippen LogP contribution in [0, 0.1) is 17.8 Å². The maximum atomic E-state index is 13.9. The van der Waals surface area contributed by atoms with Crippen molar-refractivity contribution in [2.45, 2.75) is 27.2 Å². The SMILES string of the molecule is CCOC(=O)[C@H]1C[C@@H]1C(C)/C(F)=C(C)\C=C/N. The smallest absolute Gasteiger partial charge is 0.309 e. The molecule has 96 valence electrons. The number of ether oxygens (including phenoxy) is 1. The summed E-state index contributed by atoms with van der Waals surface area (Å²) in [5, 5.41) is 0. The highest BCUT2D eigenvalue weighted by Gasteiger charge is 2.48. The van der Waals surface area contributed by atoms with Crippen LogP contribution in [0.5, 0.6) is 0 Å². The van der Waals surface area contributed by atoms with Crippen LogP contribution < -0.4 is 5.73 Å². The summed E-state index contributed by atoms with van der Waals surface area (Å²) in [4.78, 5) is 11.4. The highest BCUT2D eigenvalue weighted by molar-refractivity contribution is 5.75. The van der Waals surface area contributed by atoms with Gasteiger partial charge in [0.1, 0.15) is 5.83 Å². The van der Waals surface area contributed by atoms with Gasteiger partial charge in [0.15, 0.2) is 0 Å². The van der Waals surface area contributed by atoms with Crippen molar-refractivity contribution in [1.82, 2.24) is 0 Å². The molecule has 1 saturated carbocycles. The maximum absolute atomic E-state index is 13.9. The number of halogens is 1. The second-order valence-electron chi connectivity index (χ2n) is 4.44. The van der Waals surface area contributed by atoms with Gasteiger partial charge in [0.2, 0.25) is 0 Å². The first-order valence-corrected chi connectivity index (χ1v) is 5.94. The average molecular weight is 241 g/mol. The molecule has 1 fully saturated rings. The standard InChI is InChI=1S/C13H20FNO2/c1-4-17-13(16)11-7-10(11)9(3)12(14)8(2)5-6-15/h5-6,9-11H,4,7,15H2,1-3H3/b6-5-,12-8+/t9?,10-,11+/m1/s1. The van der Waals surface area contributed by atoms with Crippen LogP contribution in [-0.4, -0.2) is 12.6 Å². The first-order valence-electron chi connectivity index (χ1n) is 5.94. The number of hydrogen-bond acceptors (Lipinski definition) is 3. The Bertz CT molecular complexity index is 349. The largest absolute Gasteiger partial charge is 0.466 e. The second-order valence-corrected chi connectivity index (χ2v) is 4.44. The Balaban J connectivity index is 2.60. The minimum absolute atomic E-state index is 0.0650. The summed E-state index contributed by atoms with van der Waals surface area (Å²) in [6, 6.07) is 0. The Morgan fingerprint density at radius 1 is 1.65 bits per heavy atom. The van der Waals surface area contributed by atoms with E-state index in [1.165, 1.54) is 12.3 Å². The molecule has 1 aliphatic rings. The van der Waals surface area contributed by atoms with Crippen LogP contribution in [0.1, 0.15) is 27.2 Å². The van der Waals surface area contributed by atoms with Crippen LogP contribution in [0.4, 0.5) is 4.39 Å². The third kappa shape index (κ3) is 3.32. The Morgan fingerprint density at radius 3 is 2.82 bits per heavy atom. The monoisotopic (exact) mass is 241 g/mol. The molecule has 1 rings (SSSR count). The van der Waals surface area contributed by atoms with Crippen LogP contribution in [0.2, 0.25) is 0 Å². The lowest BCUT2D eigenvalue weighted by Gasteiger charge is -2.10. The minimum atomic E-state index is -0.249. The quantitative estimate of drug-likeness (QED) is 0.594. The molecule has 0 aliphatic heterocycles. The van der Waals surface area contributed by atoms with E-state index in [4.69, 9.17) is 10.5 Å². The van der Waals surface area contributed by atoms with Crippen molar-refractivity contribution in [2.24, 2.45) is 23.5 Å². The molecule has 3 nitrogen and oxygen atoms in total. The van der Waals surface area contributed by atoms with Gasteiger partial charge in [-0.15, -0.1) is 0 Å². The molecule has 0 spiro atoms. The van der Waals surface area contributed by atoms with E-state index < -0.39 is 0 Å². The normalized spacial score (nSPS) is 26.6. The van der Waals surface area contributed by atoms with Gasteiger partial charge in [-0.25, -0.2) is 4.39 Å². The lowest BCUT2D eigenvalue weighted by molar-refractivity contribution is -0.145. The number of carbonyl (C=O) groups is 1. The number of carbonyl (C=O) groups excluding carboxylic acids is 1. The molecule has 0 saturated heterocycles. The van der Waals surface area contributed by atoms with Crippen molar-refractivity contribution in [3.8, 4) is 0 Å². The molecule has 3 atom stereocenters. The number of rotatable bonds is 5. The molecule has 17 heavy (non-hydrogen) atoms. The zero-order chi connectivity index (χ0) is 13.0. The molecule has 0 bridgehead atoms. The lowest BCUT2D eigenvalue weighted by atomic mass is 9.99. The van der Waals surface area contributed by atoms with E-state index in [0.717, 1.165) is 0 Å². The van der Waals surface area contributed by atoms with Crippen LogP contribution in [0.25, 0.3) is 0 Å². The number of allylic oxidation sites excluding steroid dienone is 3. The van der Waals surface area contributed by atoms with Gasteiger partial charge in [0.25, 0.3) is 0 Å². The van der Waals surface area contributed by atoms with E-state index >= 15 is 0 Å². The first kappa shape index (κ1) is 13.7. The van der Waals surface area contributed by atoms with Gasteiger partial charge in [0.05, 0.1) is 12.5 Å². The Kier molecular flexibility index (Phi) is 4.73. The van der Waals surface area contributed by atoms with Gasteiger partial charge < -0.3 is 10.5 Å². The van der Waals surface area contributed by atoms with Gasteiger partial charge in [-0.2, -0.15) is 0 Å². The summed E-state index contributed by atoms with van der Waals surface area (Å²) < 4.78 is 18.8. The zero-order valence-corrected chi connectivity index (χ0v) is 10.6. The predicted molar refractivity (Wildman–Crippen MR) is 64.5 cm³/mol. The molecule has 1 unspecified atom stereocenters. The van der Waals surface area contributed by atoms with Crippen molar-refractivity contribution < 1.29 is 13.9 Å². The highest BCUT2D eigenvalue weighted by Crippen LogP contribution is 2.48. The molecule has 0 heterocycles. The predicted octanol–water partition coefficient (Wildman–Crippen LogP) is 2.54. The zero-order valence-electron chi connectivity index (χ0n) is 10.6. The minimum Gasteiger partial charge on any atom is -0.466 e.